The van der Waals surface area contributed by atoms with E-state index in [1.54, 1.807) is 24.4 Å². The molecule has 2 N–H and O–H groups in total. The molecule has 2 heterocycles. The van der Waals surface area contributed by atoms with Crippen LogP contribution in [0, 0.1) is 0 Å². The normalized spacial score (nSPS) is 16.7. The average molecular weight is 393 g/mol. The fourth-order valence-corrected chi connectivity index (χ4v) is 3.95. The molecule has 0 spiro atoms. The molecule has 0 saturated carbocycles. The molecule has 1 saturated heterocycles. The summed E-state index contributed by atoms with van der Waals surface area (Å²) in [4.78, 5) is 4.17. The van der Waals surface area contributed by atoms with Crippen LogP contribution in [0.2, 0.25) is 0 Å². The third kappa shape index (κ3) is 4.81. The Bertz CT molecular complexity index is 865. The van der Waals surface area contributed by atoms with Gasteiger partial charge < -0.3 is 19.5 Å². The summed E-state index contributed by atoms with van der Waals surface area (Å²) in [5.74, 6) is 0.915. The topological polar surface area (TPSA) is 98.8 Å². The van der Waals surface area contributed by atoms with E-state index >= 15 is 0 Å². The van der Waals surface area contributed by atoms with E-state index in [4.69, 9.17) is 14.2 Å². The highest BCUT2D eigenvalue weighted by Gasteiger charge is 2.21. The van der Waals surface area contributed by atoms with Gasteiger partial charge in [0.05, 0.1) is 32.2 Å². The van der Waals surface area contributed by atoms with Crippen molar-refractivity contribution in [2.24, 2.45) is 0 Å². The van der Waals surface area contributed by atoms with Crippen molar-refractivity contribution in [3.05, 3.63) is 36.5 Å². The highest BCUT2D eigenvalue weighted by atomic mass is 32.2. The van der Waals surface area contributed by atoms with Crippen molar-refractivity contribution in [1.29, 1.82) is 0 Å². The molecule has 27 heavy (non-hydrogen) atoms. The van der Waals surface area contributed by atoms with Gasteiger partial charge in [-0.25, -0.2) is 13.4 Å². The number of pyridine rings is 1. The minimum atomic E-state index is -3.85. The highest BCUT2D eigenvalue weighted by Crippen LogP contribution is 2.29. The number of methoxy groups -OCH3 is 2. The first-order valence-electron chi connectivity index (χ1n) is 8.58. The maximum Gasteiger partial charge on any atom is 0.266 e. The smallest absolute Gasteiger partial charge is 0.266 e. The summed E-state index contributed by atoms with van der Waals surface area (Å²) in [5.41, 5.74) is 0.801. The second-order valence-corrected chi connectivity index (χ2v) is 7.72. The van der Waals surface area contributed by atoms with Crippen LogP contribution in [0.4, 0.5) is 11.5 Å². The number of rotatable bonds is 8. The lowest BCUT2D eigenvalue weighted by Gasteiger charge is -2.13. The second kappa shape index (κ2) is 8.45. The summed E-state index contributed by atoms with van der Waals surface area (Å²) >= 11 is 0. The van der Waals surface area contributed by atoms with Crippen LogP contribution < -0.4 is 19.5 Å². The zero-order valence-electron chi connectivity index (χ0n) is 15.3. The molecular weight excluding hydrogens is 370 g/mol. The van der Waals surface area contributed by atoms with Gasteiger partial charge in [-0.05, 0) is 37.1 Å². The molecule has 9 heteroatoms. The molecule has 1 aromatic heterocycles. The number of sulfonamides is 1. The van der Waals surface area contributed by atoms with Gasteiger partial charge in [0.25, 0.3) is 10.0 Å². The van der Waals surface area contributed by atoms with Gasteiger partial charge in [-0.2, -0.15) is 0 Å². The monoisotopic (exact) mass is 393 g/mol. The first-order valence-corrected chi connectivity index (χ1v) is 10.1. The fourth-order valence-electron chi connectivity index (χ4n) is 2.79. The SMILES string of the molecule is COc1ccc(S(=O)(=O)Nc2ccc(NCC3CCCO3)cn2)c(OC)c1. The van der Waals surface area contributed by atoms with Gasteiger partial charge in [-0.15, -0.1) is 0 Å². The Labute approximate surface area is 158 Å². The summed E-state index contributed by atoms with van der Waals surface area (Å²) in [6.07, 6.45) is 3.92. The lowest BCUT2D eigenvalue weighted by Crippen LogP contribution is -2.18. The highest BCUT2D eigenvalue weighted by molar-refractivity contribution is 7.92. The zero-order valence-corrected chi connectivity index (χ0v) is 16.1. The van der Waals surface area contributed by atoms with Crippen molar-refractivity contribution < 1.29 is 22.6 Å². The Morgan fingerprint density at radius 1 is 1.22 bits per heavy atom. The van der Waals surface area contributed by atoms with Crippen LogP contribution in [-0.2, 0) is 14.8 Å². The molecule has 1 unspecified atom stereocenters. The predicted molar refractivity (Wildman–Crippen MR) is 102 cm³/mol. The van der Waals surface area contributed by atoms with Gasteiger partial charge in [-0.3, -0.25) is 4.72 Å². The molecule has 0 radical (unpaired) electrons. The number of ether oxygens (including phenoxy) is 3. The number of nitrogens with one attached hydrogen (secondary N) is 2. The lowest BCUT2D eigenvalue weighted by molar-refractivity contribution is 0.120. The van der Waals surface area contributed by atoms with Crippen LogP contribution in [-0.4, -0.2) is 46.9 Å². The third-order valence-electron chi connectivity index (χ3n) is 4.22. The van der Waals surface area contributed by atoms with E-state index in [0.717, 1.165) is 25.1 Å². The number of nitrogens with zero attached hydrogens (tertiary/aromatic N) is 1. The largest absolute Gasteiger partial charge is 0.497 e. The first-order chi connectivity index (χ1) is 13.0. The first kappa shape index (κ1) is 19.2. The van der Waals surface area contributed by atoms with E-state index in [0.29, 0.717) is 12.3 Å². The Morgan fingerprint density at radius 2 is 2.07 bits per heavy atom. The van der Waals surface area contributed by atoms with Gasteiger partial charge in [0, 0.05) is 19.2 Å². The quantitative estimate of drug-likeness (QED) is 0.711. The van der Waals surface area contributed by atoms with Crippen molar-refractivity contribution in [3.63, 3.8) is 0 Å². The Kier molecular flexibility index (Phi) is 6.02. The van der Waals surface area contributed by atoms with Crippen molar-refractivity contribution in [3.8, 4) is 11.5 Å². The van der Waals surface area contributed by atoms with Crippen molar-refractivity contribution in [1.82, 2.24) is 4.98 Å². The van der Waals surface area contributed by atoms with Crippen LogP contribution in [0.25, 0.3) is 0 Å². The molecule has 8 nitrogen and oxygen atoms in total. The number of hydrogen-bond donors (Lipinski definition) is 2. The van der Waals surface area contributed by atoms with Crippen LogP contribution >= 0.6 is 0 Å². The van der Waals surface area contributed by atoms with Crippen molar-refractivity contribution >= 4 is 21.5 Å². The molecule has 146 valence electrons. The maximum absolute atomic E-state index is 12.7. The van der Waals surface area contributed by atoms with Crippen molar-refractivity contribution in [2.45, 2.75) is 23.8 Å². The summed E-state index contributed by atoms with van der Waals surface area (Å²) in [5, 5.41) is 3.24. The summed E-state index contributed by atoms with van der Waals surface area (Å²) < 4.78 is 43.6. The average Bonchev–Trinajstić information content (AvgIpc) is 3.20. The number of hydrogen-bond acceptors (Lipinski definition) is 7. The molecular formula is C18H23N3O5S. The fraction of sp³-hybridized carbons (Fsp3) is 0.389. The van der Waals surface area contributed by atoms with Crippen LogP contribution in [0.3, 0.4) is 0 Å². The Hall–Kier alpha value is -2.52. The van der Waals surface area contributed by atoms with E-state index < -0.39 is 10.0 Å². The Morgan fingerprint density at radius 3 is 2.70 bits per heavy atom. The van der Waals surface area contributed by atoms with Crippen molar-refractivity contribution in [2.75, 3.05) is 37.4 Å². The summed E-state index contributed by atoms with van der Waals surface area (Å²) in [6, 6.07) is 7.87. The van der Waals surface area contributed by atoms with E-state index in [1.165, 1.54) is 26.4 Å². The molecule has 0 amide bonds. The number of anilines is 2. The molecule has 1 atom stereocenters. The minimum Gasteiger partial charge on any atom is -0.497 e. The standard InChI is InChI=1S/C18H23N3O5S/c1-24-14-6-7-17(16(10-14)25-2)27(22,23)21-18-8-5-13(11-20-18)19-12-15-4-3-9-26-15/h5-8,10-11,15,19H,3-4,9,12H2,1-2H3,(H,20,21). The van der Waals surface area contributed by atoms with Crippen LogP contribution in [0.15, 0.2) is 41.4 Å². The molecule has 3 rings (SSSR count). The molecule has 2 aromatic rings. The van der Waals surface area contributed by atoms with Gasteiger partial charge >= 0.3 is 0 Å². The maximum atomic E-state index is 12.7. The lowest BCUT2D eigenvalue weighted by atomic mass is 10.2. The summed E-state index contributed by atoms with van der Waals surface area (Å²) in [7, 11) is -0.950. The molecule has 1 aliphatic rings. The molecule has 1 fully saturated rings. The van der Waals surface area contributed by atoms with E-state index in [9.17, 15) is 8.42 Å². The van der Waals surface area contributed by atoms with Gasteiger partial charge in [0.2, 0.25) is 0 Å². The van der Waals surface area contributed by atoms with Gasteiger partial charge in [-0.1, -0.05) is 0 Å². The van der Waals surface area contributed by atoms with Crippen LogP contribution in [0.5, 0.6) is 11.5 Å². The number of aromatic nitrogens is 1. The number of benzene rings is 1. The van der Waals surface area contributed by atoms with Gasteiger partial charge in [0.15, 0.2) is 0 Å². The molecule has 1 aliphatic heterocycles. The third-order valence-corrected chi connectivity index (χ3v) is 5.61. The molecule has 0 aliphatic carbocycles. The van der Waals surface area contributed by atoms with Gasteiger partial charge in [0.1, 0.15) is 22.2 Å². The Balaban J connectivity index is 1.68. The second-order valence-electron chi connectivity index (χ2n) is 6.07. The zero-order chi connectivity index (χ0) is 19.3. The summed E-state index contributed by atoms with van der Waals surface area (Å²) in [6.45, 7) is 1.51. The van der Waals surface area contributed by atoms with E-state index in [1.807, 2.05) is 0 Å². The minimum absolute atomic E-state index is 0.00758. The predicted octanol–water partition coefficient (Wildman–Crippen LogP) is 2.49. The van der Waals surface area contributed by atoms with E-state index in [2.05, 4.69) is 15.0 Å². The van der Waals surface area contributed by atoms with E-state index in [-0.39, 0.29) is 22.6 Å². The molecule has 0 bridgehead atoms. The van der Waals surface area contributed by atoms with Crippen LogP contribution in [0.1, 0.15) is 12.8 Å². The molecule has 1 aromatic carbocycles.